The van der Waals surface area contributed by atoms with Crippen molar-refractivity contribution in [1.29, 1.82) is 5.26 Å². The predicted molar refractivity (Wildman–Crippen MR) is 115 cm³/mol. The average Bonchev–Trinajstić information content (AvgIpc) is 3.41. The Balaban J connectivity index is 1.28. The summed E-state index contributed by atoms with van der Waals surface area (Å²) in [5, 5.41) is 13.3. The topological polar surface area (TPSA) is 93.5 Å². The molecule has 4 aromatic rings. The van der Waals surface area contributed by atoms with Crippen LogP contribution in [0.2, 0.25) is 0 Å². The minimum Gasteiger partial charge on any atom is -0.357 e. The summed E-state index contributed by atoms with van der Waals surface area (Å²) in [4.78, 5) is 19.3. The molecule has 3 aromatic heterocycles. The van der Waals surface area contributed by atoms with Gasteiger partial charge >= 0.3 is 0 Å². The van der Waals surface area contributed by atoms with E-state index < -0.39 is 0 Å². The zero-order chi connectivity index (χ0) is 20.3. The van der Waals surface area contributed by atoms with Crippen LogP contribution >= 0.6 is 0 Å². The average molecular weight is 395 g/mol. The van der Waals surface area contributed by atoms with Gasteiger partial charge in [-0.1, -0.05) is 18.2 Å². The molecule has 1 atom stereocenters. The standard InChI is InChI=1S/C23H21N7/c24-11-17-7-8-18(12-25-17)29-23-14-26-21(13-27-23)22-6-3-9-30(22)15-19-10-16-4-1-2-5-20(16)28-19/h1-2,4-5,7-8,10,12-14,22,28H,3,6,9,15H2,(H,27,29). The van der Waals surface area contributed by atoms with E-state index in [2.05, 4.69) is 60.5 Å². The highest BCUT2D eigenvalue weighted by Gasteiger charge is 2.27. The molecule has 2 N–H and O–H groups in total. The first-order valence-corrected chi connectivity index (χ1v) is 10.0. The lowest BCUT2D eigenvalue weighted by Crippen LogP contribution is -2.23. The number of anilines is 2. The zero-order valence-corrected chi connectivity index (χ0v) is 16.4. The van der Waals surface area contributed by atoms with Gasteiger partial charge in [0.05, 0.1) is 36.0 Å². The van der Waals surface area contributed by atoms with Crippen molar-refractivity contribution in [3.63, 3.8) is 0 Å². The monoisotopic (exact) mass is 395 g/mol. The highest BCUT2D eigenvalue weighted by atomic mass is 15.2. The number of nitriles is 1. The second-order valence-corrected chi connectivity index (χ2v) is 7.51. The van der Waals surface area contributed by atoms with Gasteiger partial charge in [-0.3, -0.25) is 9.88 Å². The van der Waals surface area contributed by atoms with Crippen LogP contribution in [0.25, 0.3) is 10.9 Å². The highest BCUT2D eigenvalue weighted by molar-refractivity contribution is 5.80. The summed E-state index contributed by atoms with van der Waals surface area (Å²) in [5.74, 6) is 0.658. The van der Waals surface area contributed by atoms with Gasteiger partial charge in [-0.05, 0) is 49.0 Å². The van der Waals surface area contributed by atoms with Crippen LogP contribution in [0.5, 0.6) is 0 Å². The lowest BCUT2D eigenvalue weighted by atomic mass is 10.1. The van der Waals surface area contributed by atoms with E-state index in [-0.39, 0.29) is 6.04 Å². The maximum atomic E-state index is 8.84. The quantitative estimate of drug-likeness (QED) is 0.523. The Kier molecular flexibility index (Phi) is 4.83. The van der Waals surface area contributed by atoms with Gasteiger partial charge in [-0.2, -0.15) is 5.26 Å². The summed E-state index contributed by atoms with van der Waals surface area (Å²) in [6.07, 6.45) is 7.47. The van der Waals surface area contributed by atoms with E-state index in [4.69, 9.17) is 5.26 Å². The zero-order valence-electron chi connectivity index (χ0n) is 16.4. The number of para-hydroxylation sites is 1. The molecule has 0 radical (unpaired) electrons. The number of nitrogens with zero attached hydrogens (tertiary/aromatic N) is 5. The van der Waals surface area contributed by atoms with Crippen LogP contribution in [0.3, 0.4) is 0 Å². The number of hydrogen-bond acceptors (Lipinski definition) is 6. The molecule has 1 fully saturated rings. The Morgan fingerprint density at radius 2 is 2.03 bits per heavy atom. The number of hydrogen-bond donors (Lipinski definition) is 2. The van der Waals surface area contributed by atoms with Crippen molar-refractivity contribution in [3.05, 3.63) is 78.1 Å². The molecule has 7 nitrogen and oxygen atoms in total. The first-order valence-electron chi connectivity index (χ1n) is 10.0. The van der Waals surface area contributed by atoms with Crippen LogP contribution in [0, 0.1) is 11.3 Å². The third-order valence-electron chi connectivity index (χ3n) is 5.49. The van der Waals surface area contributed by atoms with Crippen molar-refractivity contribution in [1.82, 2.24) is 24.8 Å². The van der Waals surface area contributed by atoms with E-state index in [1.807, 2.05) is 12.3 Å². The van der Waals surface area contributed by atoms with Gasteiger partial charge in [0.15, 0.2) is 0 Å². The number of pyridine rings is 1. The molecule has 5 rings (SSSR count). The summed E-state index contributed by atoms with van der Waals surface area (Å²) in [7, 11) is 0. The molecule has 1 aliphatic heterocycles. The van der Waals surface area contributed by atoms with E-state index in [0.29, 0.717) is 11.5 Å². The smallest absolute Gasteiger partial charge is 0.148 e. The predicted octanol–water partition coefficient (Wildman–Crippen LogP) is 4.31. The molecular formula is C23H21N7. The van der Waals surface area contributed by atoms with Crippen molar-refractivity contribution in [2.24, 2.45) is 0 Å². The molecule has 1 unspecified atom stereocenters. The van der Waals surface area contributed by atoms with Gasteiger partial charge in [0.25, 0.3) is 0 Å². The van der Waals surface area contributed by atoms with Gasteiger partial charge in [0.2, 0.25) is 0 Å². The Morgan fingerprint density at radius 3 is 2.80 bits per heavy atom. The first-order chi connectivity index (χ1) is 14.8. The lowest BCUT2D eigenvalue weighted by molar-refractivity contribution is 0.241. The van der Waals surface area contributed by atoms with Crippen molar-refractivity contribution in [3.8, 4) is 6.07 Å². The molecule has 7 heteroatoms. The van der Waals surface area contributed by atoms with Crippen LogP contribution in [-0.4, -0.2) is 31.4 Å². The molecule has 1 saturated heterocycles. The summed E-state index contributed by atoms with van der Waals surface area (Å²) < 4.78 is 0. The molecular weight excluding hydrogens is 374 g/mol. The maximum absolute atomic E-state index is 8.84. The van der Waals surface area contributed by atoms with Crippen molar-refractivity contribution >= 4 is 22.4 Å². The fourth-order valence-corrected chi connectivity index (χ4v) is 4.04. The van der Waals surface area contributed by atoms with Crippen LogP contribution in [-0.2, 0) is 6.54 Å². The minimum atomic E-state index is 0.273. The molecule has 0 amide bonds. The summed E-state index contributed by atoms with van der Waals surface area (Å²) in [6.45, 7) is 1.93. The SMILES string of the molecule is N#Cc1ccc(Nc2cnc(C3CCCN3Cc3cc4ccccc4[nH]3)cn2)cn1. The number of nitrogens with one attached hydrogen (secondary N) is 2. The van der Waals surface area contributed by atoms with Gasteiger partial charge in [-0.25, -0.2) is 9.97 Å². The second-order valence-electron chi connectivity index (χ2n) is 7.51. The van der Waals surface area contributed by atoms with E-state index in [1.54, 1.807) is 24.5 Å². The number of rotatable bonds is 5. The maximum Gasteiger partial charge on any atom is 0.148 e. The first kappa shape index (κ1) is 18.3. The largest absolute Gasteiger partial charge is 0.357 e. The molecule has 1 aromatic carbocycles. The van der Waals surface area contributed by atoms with Crippen LogP contribution in [0.15, 0.2) is 61.1 Å². The van der Waals surface area contributed by atoms with E-state index in [0.717, 1.165) is 37.3 Å². The summed E-state index contributed by atoms with van der Waals surface area (Å²) in [6, 6.07) is 16.4. The third kappa shape index (κ3) is 3.73. The molecule has 0 saturated carbocycles. The minimum absolute atomic E-state index is 0.273. The van der Waals surface area contributed by atoms with Gasteiger partial charge < -0.3 is 10.3 Å². The summed E-state index contributed by atoms with van der Waals surface area (Å²) in [5.41, 5.74) is 4.56. The Morgan fingerprint density at radius 1 is 1.10 bits per heavy atom. The molecule has 148 valence electrons. The fraction of sp³-hybridized carbons (Fsp3) is 0.217. The van der Waals surface area contributed by atoms with E-state index >= 15 is 0 Å². The van der Waals surface area contributed by atoms with Crippen molar-refractivity contribution < 1.29 is 0 Å². The molecule has 4 heterocycles. The number of H-pyrrole nitrogens is 1. The van der Waals surface area contributed by atoms with Crippen molar-refractivity contribution in [2.75, 3.05) is 11.9 Å². The normalized spacial score (nSPS) is 16.6. The third-order valence-corrected chi connectivity index (χ3v) is 5.49. The van der Waals surface area contributed by atoms with E-state index in [9.17, 15) is 0 Å². The molecule has 0 bridgehead atoms. The molecule has 0 aliphatic carbocycles. The number of likely N-dealkylation sites (tertiary alicyclic amines) is 1. The highest BCUT2D eigenvalue weighted by Crippen LogP contribution is 2.32. The molecule has 0 spiro atoms. The lowest BCUT2D eigenvalue weighted by Gasteiger charge is -2.23. The number of aromatic amines is 1. The Bertz CT molecular complexity index is 1160. The Hall–Kier alpha value is -3.76. The molecule has 1 aliphatic rings. The van der Waals surface area contributed by atoms with E-state index in [1.165, 1.54) is 16.6 Å². The van der Waals surface area contributed by atoms with Crippen LogP contribution < -0.4 is 5.32 Å². The number of fused-ring (bicyclic) bond motifs is 1. The van der Waals surface area contributed by atoms with Gasteiger partial charge in [0.1, 0.15) is 17.6 Å². The fourth-order valence-electron chi connectivity index (χ4n) is 4.04. The van der Waals surface area contributed by atoms with Crippen molar-refractivity contribution in [2.45, 2.75) is 25.4 Å². The Labute approximate surface area is 174 Å². The molecule has 30 heavy (non-hydrogen) atoms. The van der Waals surface area contributed by atoms with Crippen LogP contribution in [0.4, 0.5) is 11.5 Å². The number of benzene rings is 1. The second kappa shape index (κ2) is 7.93. The number of aromatic nitrogens is 4. The van der Waals surface area contributed by atoms with Gasteiger partial charge in [0, 0.05) is 17.8 Å². The summed E-state index contributed by atoms with van der Waals surface area (Å²) >= 11 is 0. The van der Waals surface area contributed by atoms with Crippen LogP contribution in [0.1, 0.15) is 36.0 Å². The van der Waals surface area contributed by atoms with Gasteiger partial charge in [-0.15, -0.1) is 0 Å².